The molecule has 0 bridgehead atoms. The second-order valence-corrected chi connectivity index (χ2v) is 11.0. The molecular weight excluding hydrogens is 558 g/mol. The van der Waals surface area contributed by atoms with Gasteiger partial charge in [-0.05, 0) is 64.1 Å². The van der Waals surface area contributed by atoms with Crippen molar-refractivity contribution in [2.24, 2.45) is 5.92 Å². The van der Waals surface area contributed by atoms with E-state index in [0.717, 1.165) is 71.0 Å². The standard InChI is InChI=1S/C32H62NO4.Mo/c1-4-7-10-12-13-17-23-30(22-16-11-8-5-2)29-37-32(36)25-19-15-21-28-33(26-9-6-3)27-20-14-18-24-31(34)35;/h30H,3-29H2,1-2H3,(H,34,35);/q-1;. The maximum absolute atomic E-state index is 12.4. The number of carboxylic acids is 1. The summed E-state index contributed by atoms with van der Waals surface area (Å²) in [5, 5.41) is 8.77. The molecule has 0 rings (SSSR count). The maximum atomic E-state index is 12.4. The van der Waals surface area contributed by atoms with Crippen molar-refractivity contribution in [3.05, 3.63) is 6.92 Å². The molecule has 1 N–H and O–H groups in total. The summed E-state index contributed by atoms with van der Waals surface area (Å²) in [4.78, 5) is 25.5. The van der Waals surface area contributed by atoms with Crippen molar-refractivity contribution in [1.29, 1.82) is 0 Å². The molecular formula is C32H62MoNO4-. The number of carbonyl (C=O) groups is 2. The normalized spacial score (nSPS) is 11.9. The van der Waals surface area contributed by atoms with Crippen LogP contribution in [0.25, 0.3) is 0 Å². The first kappa shape index (κ1) is 39.7. The third-order valence-corrected chi connectivity index (χ3v) is 7.36. The van der Waals surface area contributed by atoms with Gasteiger partial charge in [0, 0.05) is 33.9 Å². The van der Waals surface area contributed by atoms with Crippen LogP contribution in [0.4, 0.5) is 0 Å². The molecule has 0 aliphatic rings. The van der Waals surface area contributed by atoms with Crippen LogP contribution in [0.3, 0.4) is 0 Å². The second kappa shape index (κ2) is 31.1. The predicted octanol–water partition coefficient (Wildman–Crippen LogP) is 8.99. The SMILES string of the molecule is [CH2-]CCCN(CCCCCC(=O)O)CCCCCC(=O)OCC(CCCCCC)CCCCCCCC.[Mo]. The van der Waals surface area contributed by atoms with Crippen molar-refractivity contribution in [2.45, 2.75) is 155 Å². The Balaban J connectivity index is 0. The monoisotopic (exact) mass is 622 g/mol. The van der Waals surface area contributed by atoms with Gasteiger partial charge in [0.1, 0.15) is 0 Å². The van der Waals surface area contributed by atoms with Crippen LogP contribution >= 0.6 is 0 Å². The molecule has 1 atom stereocenters. The van der Waals surface area contributed by atoms with Gasteiger partial charge in [-0.1, -0.05) is 97.3 Å². The summed E-state index contributed by atoms with van der Waals surface area (Å²) in [6.07, 6.45) is 24.1. The van der Waals surface area contributed by atoms with Crippen LogP contribution in [-0.2, 0) is 35.4 Å². The summed E-state index contributed by atoms with van der Waals surface area (Å²) in [6, 6.07) is 0. The van der Waals surface area contributed by atoms with E-state index in [0.29, 0.717) is 18.9 Å². The Morgan fingerprint density at radius 2 is 1.16 bits per heavy atom. The summed E-state index contributed by atoms with van der Waals surface area (Å²) in [7, 11) is 0. The van der Waals surface area contributed by atoms with Crippen LogP contribution < -0.4 is 0 Å². The number of aliphatic carboxylic acids is 1. The molecule has 6 heteroatoms. The Hall–Kier alpha value is -0.412. The summed E-state index contributed by atoms with van der Waals surface area (Å²) in [6.45, 7) is 12.2. The Morgan fingerprint density at radius 3 is 1.71 bits per heavy atom. The van der Waals surface area contributed by atoms with Gasteiger partial charge in [0.05, 0.1) is 6.61 Å². The van der Waals surface area contributed by atoms with Crippen molar-refractivity contribution in [3.63, 3.8) is 0 Å². The second-order valence-electron chi connectivity index (χ2n) is 11.0. The molecule has 5 nitrogen and oxygen atoms in total. The molecule has 0 amide bonds. The number of hydrogen-bond acceptors (Lipinski definition) is 4. The molecule has 0 heterocycles. The van der Waals surface area contributed by atoms with Crippen LogP contribution in [0.2, 0.25) is 0 Å². The van der Waals surface area contributed by atoms with Gasteiger partial charge in [-0.3, -0.25) is 9.59 Å². The van der Waals surface area contributed by atoms with Crippen molar-refractivity contribution >= 4 is 11.9 Å². The Bertz CT molecular complexity index is 518. The van der Waals surface area contributed by atoms with Crippen molar-refractivity contribution in [2.75, 3.05) is 26.2 Å². The predicted molar refractivity (Wildman–Crippen MR) is 157 cm³/mol. The van der Waals surface area contributed by atoms with Gasteiger partial charge >= 0.3 is 11.9 Å². The molecule has 0 aromatic heterocycles. The van der Waals surface area contributed by atoms with Gasteiger partial charge in [0.15, 0.2) is 0 Å². The molecule has 0 spiro atoms. The first-order chi connectivity index (χ1) is 18.0. The van der Waals surface area contributed by atoms with Crippen LogP contribution in [0.1, 0.15) is 155 Å². The van der Waals surface area contributed by atoms with Crippen LogP contribution in [0, 0.1) is 12.8 Å². The Labute approximate surface area is 250 Å². The minimum absolute atomic E-state index is 0. The molecule has 0 aromatic carbocycles. The van der Waals surface area contributed by atoms with E-state index < -0.39 is 5.97 Å². The van der Waals surface area contributed by atoms with Gasteiger partial charge in [-0.2, -0.15) is 6.42 Å². The first-order valence-corrected chi connectivity index (χ1v) is 15.9. The number of carboxylic acid groups (broad SMARTS) is 1. The Kier molecular flexibility index (Phi) is 32.5. The largest absolute Gasteiger partial charge is 0.481 e. The minimum atomic E-state index is -0.701. The van der Waals surface area contributed by atoms with Gasteiger partial charge in [0.25, 0.3) is 0 Å². The minimum Gasteiger partial charge on any atom is -0.481 e. The van der Waals surface area contributed by atoms with E-state index in [-0.39, 0.29) is 33.5 Å². The zero-order valence-electron chi connectivity index (χ0n) is 25.2. The van der Waals surface area contributed by atoms with E-state index >= 15 is 0 Å². The third-order valence-electron chi connectivity index (χ3n) is 7.36. The summed E-state index contributed by atoms with van der Waals surface area (Å²) >= 11 is 0. The molecule has 0 aromatic rings. The number of rotatable bonds is 29. The van der Waals surface area contributed by atoms with E-state index in [4.69, 9.17) is 9.84 Å². The van der Waals surface area contributed by atoms with Gasteiger partial charge < -0.3 is 21.7 Å². The fraction of sp³-hybridized carbons (Fsp3) is 0.906. The summed E-state index contributed by atoms with van der Waals surface area (Å²) in [5.74, 6) is -0.189. The van der Waals surface area contributed by atoms with Crippen molar-refractivity contribution in [3.8, 4) is 0 Å². The van der Waals surface area contributed by atoms with Crippen LogP contribution in [0.5, 0.6) is 0 Å². The van der Waals surface area contributed by atoms with Crippen molar-refractivity contribution in [1.82, 2.24) is 4.90 Å². The zero-order chi connectivity index (χ0) is 27.4. The Morgan fingerprint density at radius 1 is 0.684 bits per heavy atom. The number of esters is 1. The quantitative estimate of drug-likeness (QED) is 0.0391. The van der Waals surface area contributed by atoms with E-state index in [2.05, 4.69) is 25.7 Å². The van der Waals surface area contributed by atoms with Gasteiger partial charge in [0.2, 0.25) is 0 Å². The summed E-state index contributed by atoms with van der Waals surface area (Å²) in [5.41, 5.74) is 0. The van der Waals surface area contributed by atoms with Crippen LogP contribution in [-0.4, -0.2) is 48.2 Å². The fourth-order valence-electron chi connectivity index (χ4n) is 4.91. The topological polar surface area (TPSA) is 66.8 Å². The molecule has 0 saturated carbocycles. The van der Waals surface area contributed by atoms with E-state index in [9.17, 15) is 9.59 Å². The number of carbonyl (C=O) groups excluding carboxylic acids is 1. The molecule has 0 aliphatic carbocycles. The zero-order valence-corrected chi connectivity index (χ0v) is 27.2. The van der Waals surface area contributed by atoms with E-state index in [1.54, 1.807) is 0 Å². The summed E-state index contributed by atoms with van der Waals surface area (Å²) < 4.78 is 5.73. The number of unbranched alkanes of at least 4 members (excludes halogenated alkanes) is 13. The molecule has 0 aliphatic heterocycles. The number of nitrogens with zero attached hydrogens (tertiary/aromatic N) is 1. The average molecular weight is 621 g/mol. The fourth-order valence-corrected chi connectivity index (χ4v) is 4.91. The molecule has 0 radical (unpaired) electrons. The molecule has 1 unspecified atom stereocenters. The number of hydrogen-bond donors (Lipinski definition) is 1. The van der Waals surface area contributed by atoms with E-state index in [1.807, 2.05) is 0 Å². The van der Waals surface area contributed by atoms with Gasteiger partial charge in [-0.25, -0.2) is 0 Å². The van der Waals surface area contributed by atoms with Crippen LogP contribution in [0.15, 0.2) is 0 Å². The number of ether oxygens (including phenoxy) is 1. The maximum Gasteiger partial charge on any atom is 0.305 e. The van der Waals surface area contributed by atoms with E-state index in [1.165, 1.54) is 77.0 Å². The van der Waals surface area contributed by atoms with Gasteiger partial charge in [-0.15, -0.1) is 0 Å². The molecule has 0 saturated heterocycles. The third kappa shape index (κ3) is 28.6. The molecule has 38 heavy (non-hydrogen) atoms. The molecule has 0 fully saturated rings. The average Bonchev–Trinajstić information content (AvgIpc) is 2.88. The smallest absolute Gasteiger partial charge is 0.305 e. The first-order valence-electron chi connectivity index (χ1n) is 15.9. The molecule has 226 valence electrons. The van der Waals surface area contributed by atoms with Crippen molar-refractivity contribution < 1.29 is 40.5 Å².